The van der Waals surface area contributed by atoms with E-state index < -0.39 is 11.4 Å². The molecule has 0 spiro atoms. The minimum atomic E-state index is -1.19. The number of rotatable bonds is 2. The van der Waals surface area contributed by atoms with Gasteiger partial charge in [-0.15, -0.1) is 0 Å². The van der Waals surface area contributed by atoms with Gasteiger partial charge in [0, 0.05) is 45.5 Å². The van der Waals surface area contributed by atoms with Gasteiger partial charge in [-0.25, -0.2) is 4.79 Å². The van der Waals surface area contributed by atoms with Crippen LogP contribution in [0.5, 0.6) is 0 Å². The zero-order valence-corrected chi connectivity index (χ0v) is 12.1. The zero-order chi connectivity index (χ0) is 11.7. The molecule has 0 atom stereocenters. The molecule has 1 aromatic heterocycles. The Morgan fingerprint density at radius 2 is 2.24 bits per heavy atom. The van der Waals surface area contributed by atoms with E-state index in [2.05, 4.69) is 6.07 Å². The number of fused-ring (bicyclic) bond motifs is 1. The summed E-state index contributed by atoms with van der Waals surface area (Å²) >= 11 is 0. The smallest absolute Gasteiger partial charge is 0.341 e. The molecule has 0 aliphatic heterocycles. The number of hydrogen-bond donors (Lipinski definition) is 1. The van der Waals surface area contributed by atoms with Crippen molar-refractivity contribution in [2.24, 2.45) is 0 Å². The summed E-state index contributed by atoms with van der Waals surface area (Å²) in [6, 6.07) is 7.77. The van der Waals surface area contributed by atoms with E-state index in [1.165, 1.54) is 6.20 Å². The number of carbonyl (C=O) groups is 1. The molecule has 0 bridgehead atoms. The molecule has 1 heterocycles. The van der Waals surface area contributed by atoms with E-state index in [0.29, 0.717) is 17.4 Å². The van der Waals surface area contributed by atoms with Gasteiger partial charge in [0.15, 0.2) is 5.43 Å². The van der Waals surface area contributed by atoms with Crippen molar-refractivity contribution in [3.05, 3.63) is 46.2 Å². The molecule has 85 valence electrons. The molecule has 1 N–H and O–H groups in total. The van der Waals surface area contributed by atoms with E-state index in [9.17, 15) is 9.59 Å². The van der Waals surface area contributed by atoms with Crippen molar-refractivity contribution < 1.29 is 42.6 Å². The number of aromatic carboxylic acids is 1. The summed E-state index contributed by atoms with van der Waals surface area (Å²) in [5.41, 5.74) is 0.0711. The fourth-order valence-corrected chi connectivity index (χ4v) is 1.69. The third-order valence-corrected chi connectivity index (χ3v) is 2.50. The molecule has 4 nitrogen and oxygen atoms in total. The maximum absolute atomic E-state index is 11.8. The number of benzene rings is 1. The first kappa shape index (κ1) is 14.1. The van der Waals surface area contributed by atoms with Crippen LogP contribution in [-0.4, -0.2) is 15.6 Å². The van der Waals surface area contributed by atoms with E-state index in [1.807, 2.05) is 6.92 Å². The maximum atomic E-state index is 11.8. The van der Waals surface area contributed by atoms with Crippen molar-refractivity contribution in [2.45, 2.75) is 13.5 Å². The molecule has 0 saturated carbocycles. The predicted octanol–water partition coefficient (Wildman–Crippen LogP) is 1.52. The molecule has 0 unspecified atom stereocenters. The van der Waals surface area contributed by atoms with Crippen molar-refractivity contribution in [2.75, 3.05) is 0 Å². The molecular formula is C12H10NO3Y-. The summed E-state index contributed by atoms with van der Waals surface area (Å²) < 4.78 is 1.73. The van der Waals surface area contributed by atoms with Crippen LogP contribution >= 0.6 is 0 Å². The molecule has 0 fully saturated rings. The van der Waals surface area contributed by atoms with Crippen LogP contribution in [0.3, 0.4) is 0 Å². The predicted molar refractivity (Wildman–Crippen MR) is 59.7 cm³/mol. The normalized spacial score (nSPS) is 9.94. The van der Waals surface area contributed by atoms with Crippen LogP contribution in [0.2, 0.25) is 0 Å². The van der Waals surface area contributed by atoms with Crippen molar-refractivity contribution in [1.29, 1.82) is 0 Å². The van der Waals surface area contributed by atoms with Crippen LogP contribution in [0.25, 0.3) is 10.9 Å². The number of aromatic nitrogens is 1. The molecule has 0 aliphatic carbocycles. The molecule has 1 radical (unpaired) electrons. The number of carboxylic acids is 1. The van der Waals surface area contributed by atoms with Crippen LogP contribution in [-0.2, 0) is 39.3 Å². The van der Waals surface area contributed by atoms with Gasteiger partial charge < -0.3 is 9.67 Å². The van der Waals surface area contributed by atoms with Gasteiger partial charge >= 0.3 is 5.97 Å². The van der Waals surface area contributed by atoms with Gasteiger partial charge in [0.05, 0.1) is 0 Å². The number of pyridine rings is 1. The summed E-state index contributed by atoms with van der Waals surface area (Å²) in [6.07, 6.45) is 1.38. The fraction of sp³-hybridized carbons (Fsp3) is 0.167. The number of aryl methyl sites for hydroxylation is 1. The molecule has 5 heteroatoms. The second-order valence-electron chi connectivity index (χ2n) is 3.41. The van der Waals surface area contributed by atoms with Gasteiger partial charge in [-0.2, -0.15) is 24.3 Å². The fourth-order valence-electron chi connectivity index (χ4n) is 1.69. The average molecular weight is 305 g/mol. The summed E-state index contributed by atoms with van der Waals surface area (Å²) in [5, 5.41) is 9.34. The number of nitrogens with zero attached hydrogens (tertiary/aromatic N) is 1. The molecule has 2 rings (SSSR count). The Morgan fingerprint density at radius 3 is 2.82 bits per heavy atom. The van der Waals surface area contributed by atoms with Gasteiger partial charge in [0.2, 0.25) is 0 Å². The summed E-state index contributed by atoms with van der Waals surface area (Å²) in [6.45, 7) is 2.50. The summed E-state index contributed by atoms with van der Waals surface area (Å²) in [5.74, 6) is -1.19. The quantitative estimate of drug-likeness (QED) is 0.856. The molecule has 2 aromatic rings. The van der Waals surface area contributed by atoms with Gasteiger partial charge in [-0.1, -0.05) is 10.9 Å². The van der Waals surface area contributed by atoms with E-state index in [-0.39, 0.29) is 38.3 Å². The van der Waals surface area contributed by atoms with E-state index in [4.69, 9.17) is 5.11 Å². The van der Waals surface area contributed by atoms with Crippen LogP contribution in [0, 0.1) is 6.07 Å². The monoisotopic (exact) mass is 305 g/mol. The van der Waals surface area contributed by atoms with Crippen LogP contribution in [0.4, 0.5) is 0 Å². The third kappa shape index (κ3) is 2.48. The largest absolute Gasteiger partial charge is 0.477 e. The molecule has 17 heavy (non-hydrogen) atoms. The molecule has 1 aromatic carbocycles. The second kappa shape index (κ2) is 5.56. The van der Waals surface area contributed by atoms with E-state index in [0.717, 1.165) is 0 Å². The molecular weight excluding hydrogens is 295 g/mol. The van der Waals surface area contributed by atoms with Crippen LogP contribution in [0.1, 0.15) is 17.3 Å². The Balaban J connectivity index is 0.00000144. The minimum absolute atomic E-state index is 0. The van der Waals surface area contributed by atoms with Crippen molar-refractivity contribution in [3.8, 4) is 0 Å². The van der Waals surface area contributed by atoms with Gasteiger partial charge in [0.25, 0.3) is 0 Å². The molecule has 0 amide bonds. The number of hydrogen-bond acceptors (Lipinski definition) is 2. The van der Waals surface area contributed by atoms with Crippen molar-refractivity contribution >= 4 is 16.9 Å². The first-order valence-electron chi connectivity index (χ1n) is 4.91. The maximum Gasteiger partial charge on any atom is 0.341 e. The Bertz CT molecular complexity index is 619. The first-order valence-corrected chi connectivity index (χ1v) is 4.91. The van der Waals surface area contributed by atoms with Crippen LogP contribution < -0.4 is 5.43 Å². The van der Waals surface area contributed by atoms with Gasteiger partial charge in [-0.05, 0) is 6.92 Å². The Kier molecular flexibility index (Phi) is 4.60. The van der Waals surface area contributed by atoms with Gasteiger partial charge in [-0.3, -0.25) is 4.79 Å². The third-order valence-electron chi connectivity index (χ3n) is 2.50. The SMILES string of the molecule is CCn1cc(C(=O)O)c(=O)c2cc[c-]cc21.[Y]. The number of carboxylic acid groups (broad SMARTS) is 1. The molecule has 0 aliphatic rings. The topological polar surface area (TPSA) is 59.3 Å². The van der Waals surface area contributed by atoms with E-state index >= 15 is 0 Å². The first-order chi connectivity index (χ1) is 7.65. The Morgan fingerprint density at radius 1 is 1.53 bits per heavy atom. The second-order valence-corrected chi connectivity index (χ2v) is 3.41. The molecule has 0 saturated heterocycles. The standard InChI is InChI=1S/C12H10NO3.Y/c1-2-13-7-9(12(15)16)11(14)8-5-3-4-6-10(8)13;/h3,5-7H,2H2,1H3,(H,15,16);/q-1;. The van der Waals surface area contributed by atoms with Crippen molar-refractivity contribution in [3.63, 3.8) is 0 Å². The summed E-state index contributed by atoms with van der Waals surface area (Å²) in [7, 11) is 0. The van der Waals surface area contributed by atoms with Crippen molar-refractivity contribution in [1.82, 2.24) is 4.57 Å². The zero-order valence-electron chi connectivity index (χ0n) is 9.30. The minimum Gasteiger partial charge on any atom is -0.477 e. The average Bonchev–Trinajstić information content (AvgIpc) is 2.29. The van der Waals surface area contributed by atoms with Crippen LogP contribution in [0.15, 0.2) is 29.2 Å². The Hall–Kier alpha value is -0.996. The van der Waals surface area contributed by atoms with E-state index in [1.54, 1.807) is 22.8 Å². The van der Waals surface area contributed by atoms with Gasteiger partial charge in [0.1, 0.15) is 5.56 Å². The summed E-state index contributed by atoms with van der Waals surface area (Å²) in [4.78, 5) is 22.7. The Labute approximate surface area is 123 Å².